The van der Waals surface area contributed by atoms with Crippen LogP contribution in [0.25, 0.3) is 0 Å². The molecule has 0 saturated heterocycles. The third-order valence-electron chi connectivity index (χ3n) is 6.26. The molecule has 0 aliphatic carbocycles. The van der Waals surface area contributed by atoms with E-state index in [4.69, 9.17) is 11.5 Å². The molecule has 0 rings (SSSR count). The zero-order valence-corrected chi connectivity index (χ0v) is 26.1. The van der Waals surface area contributed by atoms with Crippen LogP contribution in [-0.2, 0) is 51.9 Å². The monoisotopic (exact) mass is 600 g/mol. The smallest absolute Gasteiger partial charge is 0.220 e. The number of amides is 3. The number of carbonyl (C=O) groups excluding carboxylic acids is 4. The summed E-state index contributed by atoms with van der Waals surface area (Å²) in [6, 6.07) is -0.166. The van der Waals surface area contributed by atoms with Gasteiger partial charge in [-0.2, -0.15) is 0 Å². The predicted octanol–water partition coefficient (Wildman–Crippen LogP) is 1.16. The van der Waals surface area contributed by atoms with Gasteiger partial charge in [0.2, 0.25) is 17.7 Å². The molecule has 0 fully saturated rings. The van der Waals surface area contributed by atoms with E-state index in [0.29, 0.717) is 51.2 Å². The van der Waals surface area contributed by atoms with E-state index in [0.717, 1.165) is 38.5 Å². The van der Waals surface area contributed by atoms with Crippen LogP contribution in [0.1, 0.15) is 97.3 Å². The van der Waals surface area contributed by atoms with Gasteiger partial charge in [-0.15, -0.1) is 6.42 Å². The third-order valence-corrected chi connectivity index (χ3v) is 6.26. The summed E-state index contributed by atoms with van der Waals surface area (Å²) in [7, 11) is 1.91. The molecule has 11 heteroatoms. The number of carbonyl (C=O) groups is 3. The van der Waals surface area contributed by atoms with Gasteiger partial charge in [-0.25, -0.2) is 0 Å². The van der Waals surface area contributed by atoms with Crippen LogP contribution >= 0.6 is 0 Å². The van der Waals surface area contributed by atoms with E-state index < -0.39 is 0 Å². The molecule has 213 valence electrons. The minimum Gasteiger partial charge on any atom is -0.542 e. The minimum atomic E-state index is -0.219. The van der Waals surface area contributed by atoms with E-state index in [2.05, 4.69) is 21.3 Å². The quantitative estimate of drug-likeness (QED) is 0.0756. The normalized spacial score (nSPS) is 14.0. The number of hydrogen-bond donors (Lipinski definition) is 6. The van der Waals surface area contributed by atoms with Crippen molar-refractivity contribution in [2.75, 3.05) is 20.1 Å². The molecule has 0 bridgehead atoms. The maximum Gasteiger partial charge on any atom is 0.220 e. The summed E-state index contributed by atoms with van der Waals surface area (Å²) in [5.41, 5.74) is 11.0. The van der Waals surface area contributed by atoms with Crippen LogP contribution in [0.2, 0.25) is 0 Å². The summed E-state index contributed by atoms with van der Waals surface area (Å²) in [6.07, 6.45) is 10.3. The Morgan fingerprint density at radius 3 is 1.54 bits per heavy atom. The SMILES string of the molecule is CN[C@@H](CCCCN)CCC(=O)N[C@@H](C)CCC(=O)N[C@@H](C)CCC(=O)N[C@H](C[C-]=O)CCCCN.[Y]. The molecule has 10 nitrogen and oxygen atoms in total. The molecule has 0 aromatic rings. The Labute approximate surface area is 249 Å². The van der Waals surface area contributed by atoms with Crippen molar-refractivity contribution in [1.29, 1.82) is 0 Å². The Bertz CT molecular complexity index is 626. The number of nitrogens with one attached hydrogen (secondary N) is 4. The molecule has 0 spiro atoms. The second-order valence-corrected chi connectivity index (χ2v) is 9.72. The Hall–Kier alpha value is -0.936. The molecule has 1 radical (unpaired) electrons. The van der Waals surface area contributed by atoms with Crippen LogP contribution in [0, 0.1) is 0 Å². The first-order valence-electron chi connectivity index (χ1n) is 13.6. The molecule has 0 unspecified atom stereocenters. The van der Waals surface area contributed by atoms with Crippen molar-refractivity contribution in [1.82, 2.24) is 21.3 Å². The van der Waals surface area contributed by atoms with Gasteiger partial charge in [-0.1, -0.05) is 12.8 Å². The average molecular weight is 601 g/mol. The van der Waals surface area contributed by atoms with Crippen molar-refractivity contribution in [2.45, 2.75) is 121 Å². The van der Waals surface area contributed by atoms with Crippen LogP contribution in [0.5, 0.6) is 0 Å². The maximum absolute atomic E-state index is 12.3. The molecular formula is C26H51N6O4Y-. The summed E-state index contributed by atoms with van der Waals surface area (Å²) in [4.78, 5) is 47.5. The van der Waals surface area contributed by atoms with Crippen molar-refractivity contribution in [2.24, 2.45) is 11.5 Å². The summed E-state index contributed by atoms with van der Waals surface area (Å²) >= 11 is 0. The third kappa shape index (κ3) is 22.7. The van der Waals surface area contributed by atoms with Crippen LogP contribution in [0.4, 0.5) is 0 Å². The first kappa shape index (κ1) is 38.2. The number of nitrogens with two attached hydrogens (primary N) is 2. The largest absolute Gasteiger partial charge is 0.542 e. The van der Waals surface area contributed by atoms with Crippen molar-refractivity contribution >= 4 is 24.0 Å². The zero-order valence-electron chi connectivity index (χ0n) is 23.3. The van der Waals surface area contributed by atoms with Gasteiger partial charge in [-0.3, -0.25) is 20.7 Å². The molecule has 0 aliphatic rings. The summed E-state index contributed by atoms with van der Waals surface area (Å²) in [6.45, 7) is 5.03. The Morgan fingerprint density at radius 2 is 1.11 bits per heavy atom. The van der Waals surface area contributed by atoms with Crippen molar-refractivity contribution < 1.29 is 51.9 Å². The molecule has 0 aromatic heterocycles. The van der Waals surface area contributed by atoms with Gasteiger partial charge < -0.3 is 37.5 Å². The van der Waals surface area contributed by atoms with Crippen molar-refractivity contribution in [3.05, 3.63) is 0 Å². The van der Waals surface area contributed by atoms with Crippen LogP contribution in [0.3, 0.4) is 0 Å². The van der Waals surface area contributed by atoms with Gasteiger partial charge in [0.15, 0.2) is 0 Å². The zero-order chi connectivity index (χ0) is 27.2. The van der Waals surface area contributed by atoms with Gasteiger partial charge in [0.25, 0.3) is 0 Å². The molecule has 4 atom stereocenters. The van der Waals surface area contributed by atoms with E-state index in [-0.39, 0.29) is 81.4 Å². The topological polar surface area (TPSA) is 168 Å². The van der Waals surface area contributed by atoms with Crippen LogP contribution in [-0.4, -0.2) is 68.3 Å². The molecule has 3 amide bonds. The van der Waals surface area contributed by atoms with Gasteiger partial charge in [0.05, 0.1) is 0 Å². The van der Waals surface area contributed by atoms with E-state index >= 15 is 0 Å². The fourth-order valence-corrected chi connectivity index (χ4v) is 3.97. The van der Waals surface area contributed by atoms with E-state index in [1.54, 1.807) is 0 Å². The Kier molecular flexibility index (Phi) is 26.2. The predicted molar refractivity (Wildman–Crippen MR) is 144 cm³/mol. The fraction of sp³-hybridized carbons (Fsp3) is 0.846. The van der Waals surface area contributed by atoms with Gasteiger partial charge in [-0.05, 0) is 78.9 Å². The number of hydrogen-bond acceptors (Lipinski definition) is 7. The Balaban J connectivity index is 0. The van der Waals surface area contributed by atoms with Crippen molar-refractivity contribution in [3.63, 3.8) is 0 Å². The summed E-state index contributed by atoms with van der Waals surface area (Å²) in [5, 5.41) is 12.0. The second kappa shape index (κ2) is 25.3. The molecule has 0 aromatic carbocycles. The molecule has 0 aliphatic heterocycles. The number of rotatable bonds is 23. The van der Waals surface area contributed by atoms with Crippen molar-refractivity contribution in [3.8, 4) is 0 Å². The Morgan fingerprint density at radius 1 is 0.676 bits per heavy atom. The molecule has 0 saturated carbocycles. The molecule has 37 heavy (non-hydrogen) atoms. The summed E-state index contributed by atoms with van der Waals surface area (Å²) in [5.74, 6) is -0.246. The minimum absolute atomic E-state index is 0. The van der Waals surface area contributed by atoms with E-state index in [1.165, 1.54) is 0 Å². The maximum atomic E-state index is 12.3. The van der Waals surface area contributed by atoms with Gasteiger partial charge >= 0.3 is 0 Å². The van der Waals surface area contributed by atoms with Gasteiger partial charge in [0.1, 0.15) is 0 Å². The van der Waals surface area contributed by atoms with Crippen LogP contribution in [0.15, 0.2) is 0 Å². The average Bonchev–Trinajstić information content (AvgIpc) is 2.84. The molecule has 0 heterocycles. The second-order valence-electron chi connectivity index (χ2n) is 9.72. The van der Waals surface area contributed by atoms with Crippen LogP contribution < -0.4 is 32.7 Å². The standard InChI is InChI=1S/C26H51N6O4.Y/c1-20(31-25(35)15-12-22(29-3)8-4-6-17-27)10-13-24(34)30-21(2)11-14-26(36)32-23(16-19-33)9-5-7-18-28;/h20-23,29H,4-18,27-28H2,1-3H3,(H,30,34)(H,31,35)(H,32,36);/q-1;/t20-,21-,22-,23-;/m0./s1. The summed E-state index contributed by atoms with van der Waals surface area (Å²) < 4.78 is 0. The van der Waals surface area contributed by atoms with E-state index in [1.807, 2.05) is 27.2 Å². The number of unbranched alkanes of at least 4 members (excludes halogenated alkanes) is 2. The van der Waals surface area contributed by atoms with E-state index in [9.17, 15) is 19.2 Å². The fourth-order valence-electron chi connectivity index (χ4n) is 3.97. The molecule has 8 N–H and O–H groups in total. The first-order valence-corrected chi connectivity index (χ1v) is 13.6. The molecular weight excluding hydrogens is 549 g/mol. The first-order chi connectivity index (χ1) is 17.2. The van der Waals surface area contributed by atoms with Gasteiger partial charge in [0, 0.05) is 76.1 Å².